The van der Waals surface area contributed by atoms with E-state index in [0.29, 0.717) is 29.1 Å². The third kappa shape index (κ3) is 3.23. The van der Waals surface area contributed by atoms with E-state index in [1.807, 2.05) is 19.1 Å². The fourth-order valence-electron chi connectivity index (χ4n) is 5.02. The minimum Gasteiger partial charge on any atom is -0.507 e. The van der Waals surface area contributed by atoms with Gasteiger partial charge in [-0.2, -0.15) is 0 Å². The Hall–Kier alpha value is -2.93. The van der Waals surface area contributed by atoms with Gasteiger partial charge in [-0.05, 0) is 74.8 Å². The number of aromatic hydroxyl groups is 1. The Morgan fingerprint density at radius 3 is 2.83 bits per heavy atom. The molecule has 3 aromatic rings. The molecule has 4 heterocycles. The molecule has 0 spiro atoms. The van der Waals surface area contributed by atoms with Gasteiger partial charge in [0, 0.05) is 28.9 Å². The lowest BCUT2D eigenvalue weighted by Crippen LogP contribution is -2.66. The first-order valence-electron chi connectivity index (χ1n) is 10.3. The molecule has 30 heavy (non-hydrogen) atoms. The Morgan fingerprint density at radius 2 is 2.03 bits per heavy atom. The molecule has 2 aromatic heterocycles. The third-order valence-electron chi connectivity index (χ3n) is 6.42. The summed E-state index contributed by atoms with van der Waals surface area (Å²) in [6, 6.07) is 5.36. The highest BCUT2D eigenvalue weighted by molar-refractivity contribution is 5.89. The maximum atomic E-state index is 15.3. The lowest BCUT2D eigenvalue weighted by molar-refractivity contribution is 0.0555. The number of rotatable bonds is 2. The molecule has 154 valence electrons. The molecule has 0 radical (unpaired) electrons. The monoisotopic (exact) mass is 405 g/mol. The molecule has 1 aromatic carbocycles. The summed E-state index contributed by atoms with van der Waals surface area (Å²) < 4.78 is 15.3. The van der Waals surface area contributed by atoms with Crippen molar-refractivity contribution in [3.63, 3.8) is 0 Å². The SMILES string of the molecule is C[C@]12CCC[C@](C)(N1)[C@@H](F)/C(=C/c1ncc(-c3cc4ccncc4cc3O)nn1)C2. The number of phenolic OH excluding ortho intramolecular Hbond substituents is 1. The molecule has 2 fully saturated rings. The minimum absolute atomic E-state index is 0.0913. The molecule has 6 nitrogen and oxygen atoms in total. The van der Waals surface area contributed by atoms with E-state index in [0.717, 1.165) is 30.0 Å². The van der Waals surface area contributed by atoms with Crippen molar-refractivity contribution in [3.05, 3.63) is 48.2 Å². The number of hydrogen-bond acceptors (Lipinski definition) is 6. The average Bonchev–Trinajstić information content (AvgIpc) is 2.72. The molecule has 7 heteroatoms. The Bertz CT molecular complexity index is 1150. The van der Waals surface area contributed by atoms with E-state index < -0.39 is 11.7 Å². The molecular weight excluding hydrogens is 381 g/mol. The van der Waals surface area contributed by atoms with Crippen LogP contribution < -0.4 is 5.32 Å². The van der Waals surface area contributed by atoms with Gasteiger partial charge in [0.1, 0.15) is 17.6 Å². The Kier molecular flexibility index (Phi) is 4.32. The summed E-state index contributed by atoms with van der Waals surface area (Å²) in [7, 11) is 0. The molecule has 2 saturated heterocycles. The first-order valence-corrected chi connectivity index (χ1v) is 10.3. The molecule has 2 aliphatic rings. The van der Waals surface area contributed by atoms with Crippen LogP contribution in [0.4, 0.5) is 4.39 Å². The molecule has 2 aliphatic heterocycles. The molecule has 0 aliphatic carbocycles. The quantitative estimate of drug-likeness (QED) is 0.665. The number of fused-ring (bicyclic) bond motifs is 3. The Morgan fingerprint density at radius 1 is 1.17 bits per heavy atom. The summed E-state index contributed by atoms with van der Waals surface area (Å²) in [5, 5.41) is 24.1. The smallest absolute Gasteiger partial charge is 0.174 e. The van der Waals surface area contributed by atoms with Crippen LogP contribution in [0.25, 0.3) is 28.1 Å². The minimum atomic E-state index is -1.08. The van der Waals surface area contributed by atoms with Crippen LogP contribution in [-0.4, -0.2) is 42.5 Å². The van der Waals surface area contributed by atoms with E-state index in [2.05, 4.69) is 32.4 Å². The van der Waals surface area contributed by atoms with Crippen molar-refractivity contribution < 1.29 is 9.50 Å². The maximum Gasteiger partial charge on any atom is 0.174 e. The number of benzene rings is 1. The summed E-state index contributed by atoms with van der Waals surface area (Å²) in [6.45, 7) is 4.12. The zero-order valence-corrected chi connectivity index (χ0v) is 17.1. The molecule has 5 rings (SSSR count). The number of nitrogens with one attached hydrogen (secondary N) is 1. The average molecular weight is 405 g/mol. The number of halogens is 1. The van der Waals surface area contributed by atoms with E-state index in [1.165, 1.54) is 0 Å². The Balaban J connectivity index is 1.46. The molecule has 2 bridgehead atoms. The normalized spacial score (nSPS) is 30.0. The van der Waals surface area contributed by atoms with Gasteiger partial charge in [-0.1, -0.05) is 0 Å². The summed E-state index contributed by atoms with van der Waals surface area (Å²) >= 11 is 0. The predicted octanol–water partition coefficient (Wildman–Crippen LogP) is 4.21. The van der Waals surface area contributed by atoms with E-state index in [4.69, 9.17) is 0 Å². The second-order valence-electron chi connectivity index (χ2n) is 9.01. The van der Waals surface area contributed by atoms with Crippen molar-refractivity contribution >= 4 is 16.8 Å². The van der Waals surface area contributed by atoms with Gasteiger partial charge >= 0.3 is 0 Å². The number of nitrogens with zero attached hydrogens (tertiary/aromatic N) is 4. The molecule has 2 N–H and O–H groups in total. The molecule has 0 amide bonds. The van der Waals surface area contributed by atoms with Crippen molar-refractivity contribution in [2.24, 2.45) is 0 Å². The molecular formula is C23H24FN5O. The summed E-state index contributed by atoms with van der Waals surface area (Å²) in [4.78, 5) is 8.45. The molecule has 0 unspecified atom stereocenters. The predicted molar refractivity (Wildman–Crippen MR) is 114 cm³/mol. The highest BCUT2D eigenvalue weighted by atomic mass is 19.1. The molecule has 0 saturated carbocycles. The third-order valence-corrected chi connectivity index (χ3v) is 6.42. The van der Waals surface area contributed by atoms with E-state index >= 15 is 4.39 Å². The first kappa shape index (κ1) is 19.1. The van der Waals surface area contributed by atoms with Crippen molar-refractivity contribution in [1.82, 2.24) is 25.5 Å². The van der Waals surface area contributed by atoms with E-state index in [9.17, 15) is 5.11 Å². The van der Waals surface area contributed by atoms with Crippen LogP contribution in [0, 0.1) is 0 Å². The van der Waals surface area contributed by atoms with Gasteiger partial charge in [0.25, 0.3) is 0 Å². The standard InChI is InChI=1S/C23H24FN5O/c1-22-5-3-6-23(2,29-22)21(24)15(11-22)10-20-26-13-18(27-28-20)17-8-14-4-7-25-12-16(14)9-19(17)30/h4,7-10,12-13,21,29-30H,3,5-6,11H2,1-2H3/b15-10+/t21-,22+,23-/m0/s1. The van der Waals surface area contributed by atoms with Crippen LogP contribution in [-0.2, 0) is 0 Å². The van der Waals surface area contributed by atoms with Gasteiger partial charge in [-0.3, -0.25) is 4.98 Å². The van der Waals surface area contributed by atoms with Crippen LogP contribution in [0.2, 0.25) is 0 Å². The topological polar surface area (TPSA) is 83.8 Å². The number of aromatic nitrogens is 4. The van der Waals surface area contributed by atoms with Gasteiger partial charge in [0.05, 0.1) is 11.7 Å². The van der Waals surface area contributed by atoms with Crippen LogP contribution in [0.1, 0.15) is 45.4 Å². The van der Waals surface area contributed by atoms with Crippen LogP contribution in [0.3, 0.4) is 0 Å². The number of phenols is 1. The fraction of sp³-hybridized carbons (Fsp3) is 0.391. The Labute approximate surface area is 174 Å². The summed E-state index contributed by atoms with van der Waals surface area (Å²) in [5.74, 6) is 0.474. The highest BCUT2D eigenvalue weighted by Crippen LogP contribution is 2.44. The van der Waals surface area contributed by atoms with Gasteiger partial charge in [0.2, 0.25) is 0 Å². The number of pyridine rings is 1. The lowest BCUT2D eigenvalue weighted by atomic mass is 9.68. The maximum absolute atomic E-state index is 15.3. The van der Waals surface area contributed by atoms with Crippen LogP contribution in [0.5, 0.6) is 5.75 Å². The summed E-state index contributed by atoms with van der Waals surface area (Å²) in [6.07, 6.45) is 9.13. The number of hydrogen-bond donors (Lipinski definition) is 2. The van der Waals surface area contributed by atoms with Gasteiger partial charge < -0.3 is 10.4 Å². The molecule has 3 atom stereocenters. The van der Waals surface area contributed by atoms with E-state index in [-0.39, 0.29) is 11.3 Å². The number of piperidine rings is 2. The zero-order valence-electron chi connectivity index (χ0n) is 17.1. The van der Waals surface area contributed by atoms with Gasteiger partial charge in [-0.25, -0.2) is 9.37 Å². The van der Waals surface area contributed by atoms with E-state index in [1.54, 1.807) is 30.7 Å². The fourth-order valence-corrected chi connectivity index (χ4v) is 5.02. The lowest BCUT2D eigenvalue weighted by Gasteiger charge is -2.53. The van der Waals surface area contributed by atoms with Crippen molar-refractivity contribution in [2.75, 3.05) is 0 Å². The van der Waals surface area contributed by atoms with Gasteiger partial charge in [0.15, 0.2) is 5.82 Å². The second-order valence-corrected chi connectivity index (χ2v) is 9.01. The van der Waals surface area contributed by atoms with Crippen LogP contribution >= 0.6 is 0 Å². The highest BCUT2D eigenvalue weighted by Gasteiger charge is 2.50. The van der Waals surface area contributed by atoms with Gasteiger partial charge in [-0.15, -0.1) is 10.2 Å². The zero-order chi connectivity index (χ0) is 20.9. The summed E-state index contributed by atoms with van der Waals surface area (Å²) in [5.41, 5.74) is 1.09. The second kappa shape index (κ2) is 6.80. The van der Waals surface area contributed by atoms with Crippen LogP contribution in [0.15, 0.2) is 42.4 Å². The largest absolute Gasteiger partial charge is 0.507 e. The van der Waals surface area contributed by atoms with Crippen molar-refractivity contribution in [2.45, 2.75) is 56.8 Å². The van der Waals surface area contributed by atoms with Crippen molar-refractivity contribution in [1.29, 1.82) is 0 Å². The first-order chi connectivity index (χ1) is 14.4. The number of alkyl halides is 1. The van der Waals surface area contributed by atoms with Crippen molar-refractivity contribution in [3.8, 4) is 17.0 Å².